The first kappa shape index (κ1) is 19.9. The Balaban J connectivity index is 1.30. The van der Waals surface area contributed by atoms with Gasteiger partial charge in [-0.25, -0.2) is 9.50 Å². The number of pyridine rings is 1. The van der Waals surface area contributed by atoms with E-state index in [2.05, 4.69) is 64.3 Å². The van der Waals surface area contributed by atoms with Gasteiger partial charge in [0.05, 0.1) is 18.9 Å². The Kier molecular flexibility index (Phi) is 5.00. The second-order valence-electron chi connectivity index (χ2n) is 9.83. The van der Waals surface area contributed by atoms with Gasteiger partial charge in [-0.2, -0.15) is 5.10 Å². The first-order chi connectivity index (χ1) is 15.7. The van der Waals surface area contributed by atoms with Gasteiger partial charge in [-0.3, -0.25) is 0 Å². The highest BCUT2D eigenvalue weighted by Crippen LogP contribution is 2.38. The Hall–Kier alpha value is -2.70. The van der Waals surface area contributed by atoms with Gasteiger partial charge in [0.1, 0.15) is 6.33 Å². The van der Waals surface area contributed by atoms with Crippen molar-refractivity contribution in [3.05, 3.63) is 54.0 Å². The molecule has 2 saturated heterocycles. The molecule has 6 nitrogen and oxygen atoms in total. The van der Waals surface area contributed by atoms with Crippen molar-refractivity contribution in [3.8, 4) is 11.3 Å². The number of fused-ring (bicyclic) bond motifs is 2. The van der Waals surface area contributed by atoms with E-state index in [0.717, 1.165) is 30.3 Å². The fourth-order valence-electron chi connectivity index (χ4n) is 5.48. The number of benzene rings is 1. The van der Waals surface area contributed by atoms with Crippen LogP contribution in [0.3, 0.4) is 0 Å². The van der Waals surface area contributed by atoms with Crippen molar-refractivity contribution in [2.45, 2.75) is 38.5 Å². The number of ether oxygens (including phenoxy) is 1. The Morgan fingerprint density at radius 1 is 1.12 bits per heavy atom. The number of aromatic amines is 1. The van der Waals surface area contributed by atoms with Crippen LogP contribution in [0.5, 0.6) is 0 Å². The largest absolute Gasteiger partial charge is 0.381 e. The first-order valence-corrected chi connectivity index (χ1v) is 11.9. The third kappa shape index (κ3) is 3.51. The fraction of sp³-hybridized carbons (Fsp3) is 0.462. The van der Waals surface area contributed by atoms with Gasteiger partial charge in [-0.05, 0) is 73.2 Å². The minimum atomic E-state index is 0.423. The lowest BCUT2D eigenvalue weighted by atomic mass is 9.87. The van der Waals surface area contributed by atoms with Crippen molar-refractivity contribution in [2.24, 2.45) is 5.92 Å². The van der Waals surface area contributed by atoms with E-state index in [1.54, 1.807) is 6.33 Å². The molecule has 166 valence electrons. The van der Waals surface area contributed by atoms with E-state index in [-0.39, 0.29) is 0 Å². The van der Waals surface area contributed by atoms with Crippen molar-refractivity contribution in [1.29, 1.82) is 0 Å². The predicted octanol–water partition coefficient (Wildman–Crippen LogP) is 4.83. The number of aromatic nitrogens is 4. The van der Waals surface area contributed by atoms with E-state index in [0.29, 0.717) is 11.8 Å². The third-order valence-electron chi connectivity index (χ3n) is 7.29. The molecule has 0 unspecified atom stereocenters. The number of H-pyrrole nitrogens is 1. The normalized spacial score (nSPS) is 18.7. The molecular formula is C26H31N5O. The maximum Gasteiger partial charge on any atom is 0.155 e. The minimum absolute atomic E-state index is 0.423. The molecular weight excluding hydrogens is 398 g/mol. The van der Waals surface area contributed by atoms with Gasteiger partial charge in [0, 0.05) is 35.1 Å². The molecule has 2 fully saturated rings. The van der Waals surface area contributed by atoms with Crippen LogP contribution in [0.25, 0.3) is 27.8 Å². The summed E-state index contributed by atoms with van der Waals surface area (Å²) in [4.78, 5) is 10.6. The molecule has 0 spiro atoms. The molecule has 0 amide bonds. The molecule has 2 aliphatic rings. The molecule has 0 saturated carbocycles. The summed E-state index contributed by atoms with van der Waals surface area (Å²) in [6, 6.07) is 11.3. The highest BCUT2D eigenvalue weighted by Gasteiger charge is 2.26. The molecule has 6 heteroatoms. The van der Waals surface area contributed by atoms with Crippen molar-refractivity contribution < 1.29 is 4.74 Å². The smallest absolute Gasteiger partial charge is 0.155 e. The van der Waals surface area contributed by atoms with Crippen LogP contribution in [0.2, 0.25) is 0 Å². The summed E-state index contributed by atoms with van der Waals surface area (Å²) in [5, 5.41) is 5.68. The maximum absolute atomic E-state index is 5.35. The molecule has 32 heavy (non-hydrogen) atoms. The zero-order valence-corrected chi connectivity index (χ0v) is 18.9. The van der Waals surface area contributed by atoms with Gasteiger partial charge in [-0.15, -0.1) is 0 Å². The van der Waals surface area contributed by atoms with Gasteiger partial charge in [0.15, 0.2) is 5.65 Å². The van der Waals surface area contributed by atoms with E-state index in [4.69, 9.17) is 4.74 Å². The molecule has 6 rings (SSSR count). The third-order valence-corrected chi connectivity index (χ3v) is 7.29. The van der Waals surface area contributed by atoms with E-state index in [9.17, 15) is 0 Å². The van der Waals surface area contributed by atoms with Crippen molar-refractivity contribution in [1.82, 2.24) is 24.5 Å². The summed E-state index contributed by atoms with van der Waals surface area (Å²) in [5.74, 6) is 1.83. The number of nitrogens with zero attached hydrogens (tertiary/aromatic N) is 4. The maximum atomic E-state index is 5.35. The lowest BCUT2D eigenvalue weighted by Gasteiger charge is -2.37. The summed E-state index contributed by atoms with van der Waals surface area (Å²) in [6.07, 6.45) is 6.17. The SMILES string of the molecule is CC(C)c1c(-c2ccc3ncnn3c2)[nH]c2ccc(C3CCN(CC4COC4)CC3)cc12. The van der Waals surface area contributed by atoms with E-state index >= 15 is 0 Å². The summed E-state index contributed by atoms with van der Waals surface area (Å²) in [7, 11) is 0. The number of piperidine rings is 1. The predicted molar refractivity (Wildman–Crippen MR) is 127 cm³/mol. The standard InChI is InChI=1S/C26H31N5O/c1-17(2)25-22-11-20(19-7-9-30(10-8-19)12-18-14-32-15-18)3-5-23(22)29-26(25)21-4-6-24-27-16-28-31(24)13-21/h3-6,11,13,16-19,29H,7-10,12,14-15H2,1-2H3. The van der Waals surface area contributed by atoms with Crippen LogP contribution in [0.4, 0.5) is 0 Å². The average Bonchev–Trinajstić information content (AvgIpc) is 3.40. The molecule has 5 heterocycles. The van der Waals surface area contributed by atoms with Crippen LogP contribution in [-0.2, 0) is 4.74 Å². The fourth-order valence-corrected chi connectivity index (χ4v) is 5.48. The summed E-state index contributed by atoms with van der Waals surface area (Å²) in [5.41, 5.74) is 7.31. The quantitative estimate of drug-likeness (QED) is 0.494. The molecule has 0 aliphatic carbocycles. The van der Waals surface area contributed by atoms with Crippen molar-refractivity contribution >= 4 is 16.6 Å². The highest BCUT2D eigenvalue weighted by atomic mass is 16.5. The second kappa shape index (κ2) is 8.01. The average molecular weight is 430 g/mol. The lowest BCUT2D eigenvalue weighted by molar-refractivity contribution is -0.0487. The Morgan fingerprint density at radius 3 is 2.72 bits per heavy atom. The van der Waals surface area contributed by atoms with Gasteiger partial charge in [-0.1, -0.05) is 19.9 Å². The van der Waals surface area contributed by atoms with E-state index in [1.807, 2.05) is 10.6 Å². The van der Waals surface area contributed by atoms with Crippen LogP contribution in [0.15, 0.2) is 42.9 Å². The van der Waals surface area contributed by atoms with Crippen LogP contribution in [-0.4, -0.2) is 57.3 Å². The van der Waals surface area contributed by atoms with E-state index in [1.165, 1.54) is 60.2 Å². The number of rotatable bonds is 5. The number of nitrogens with one attached hydrogen (secondary N) is 1. The highest BCUT2D eigenvalue weighted by molar-refractivity contribution is 5.92. The van der Waals surface area contributed by atoms with Gasteiger partial charge >= 0.3 is 0 Å². The molecule has 1 aromatic carbocycles. The zero-order valence-electron chi connectivity index (χ0n) is 18.9. The summed E-state index contributed by atoms with van der Waals surface area (Å²) >= 11 is 0. The Bertz CT molecular complexity index is 1240. The molecule has 0 radical (unpaired) electrons. The number of hydrogen-bond donors (Lipinski definition) is 1. The Labute approximate surface area is 188 Å². The van der Waals surface area contributed by atoms with Crippen molar-refractivity contribution in [2.75, 3.05) is 32.8 Å². The minimum Gasteiger partial charge on any atom is -0.381 e. The van der Waals surface area contributed by atoms with Crippen LogP contribution < -0.4 is 0 Å². The second-order valence-corrected chi connectivity index (χ2v) is 9.83. The number of hydrogen-bond acceptors (Lipinski definition) is 4. The van der Waals surface area contributed by atoms with Gasteiger partial charge < -0.3 is 14.6 Å². The molecule has 0 atom stereocenters. The van der Waals surface area contributed by atoms with Crippen LogP contribution in [0.1, 0.15) is 49.7 Å². The van der Waals surface area contributed by atoms with Crippen LogP contribution >= 0.6 is 0 Å². The van der Waals surface area contributed by atoms with Crippen LogP contribution in [0, 0.1) is 5.92 Å². The molecule has 2 aliphatic heterocycles. The topological polar surface area (TPSA) is 58.5 Å². The molecule has 3 aromatic heterocycles. The number of likely N-dealkylation sites (tertiary alicyclic amines) is 1. The summed E-state index contributed by atoms with van der Waals surface area (Å²) in [6.45, 7) is 10.1. The van der Waals surface area contributed by atoms with Crippen molar-refractivity contribution in [3.63, 3.8) is 0 Å². The van der Waals surface area contributed by atoms with E-state index < -0.39 is 0 Å². The first-order valence-electron chi connectivity index (χ1n) is 11.9. The zero-order chi connectivity index (χ0) is 21.7. The lowest BCUT2D eigenvalue weighted by Crippen LogP contribution is -2.42. The molecule has 4 aromatic rings. The molecule has 1 N–H and O–H groups in total. The summed E-state index contributed by atoms with van der Waals surface area (Å²) < 4.78 is 7.20. The molecule has 0 bridgehead atoms. The Morgan fingerprint density at radius 2 is 1.97 bits per heavy atom. The van der Waals surface area contributed by atoms with Gasteiger partial charge in [0.25, 0.3) is 0 Å². The van der Waals surface area contributed by atoms with Gasteiger partial charge in [0.2, 0.25) is 0 Å². The monoisotopic (exact) mass is 429 g/mol.